The predicted octanol–water partition coefficient (Wildman–Crippen LogP) is -2.19. The Morgan fingerprint density at radius 2 is 1.44 bits per heavy atom. The first-order chi connectivity index (χ1) is 15.0. The van der Waals surface area contributed by atoms with Gasteiger partial charge < -0.3 is 38.3 Å². The van der Waals surface area contributed by atoms with Crippen molar-refractivity contribution in [3.05, 3.63) is 0 Å². The summed E-state index contributed by atoms with van der Waals surface area (Å²) in [5.74, 6) is -3.55. The van der Waals surface area contributed by atoms with Crippen molar-refractivity contribution in [3.8, 4) is 0 Å². The lowest BCUT2D eigenvalue weighted by Crippen LogP contribution is -2.58. The number of carboxylic acids is 1. The molecular weight excluding hydrogens is 458 g/mol. The van der Waals surface area contributed by atoms with Crippen LogP contribution in [0, 0.1) is 5.92 Å². The topological polar surface area (TPSA) is 215 Å². The molecule has 0 fully saturated rings. The van der Waals surface area contributed by atoms with Crippen LogP contribution in [-0.4, -0.2) is 77.0 Å². The molecule has 0 bridgehead atoms. The Morgan fingerprint density at radius 1 is 0.938 bits per heavy atom. The highest BCUT2D eigenvalue weighted by molar-refractivity contribution is 7.80. The predicted molar refractivity (Wildman–Crippen MR) is 128 cm³/mol. The van der Waals surface area contributed by atoms with Crippen molar-refractivity contribution in [1.82, 2.24) is 16.0 Å². The lowest BCUT2D eigenvalue weighted by atomic mass is 9.99. The van der Waals surface area contributed by atoms with E-state index in [1.54, 1.807) is 0 Å². The zero-order valence-electron chi connectivity index (χ0n) is 18.3. The van der Waals surface area contributed by atoms with Crippen molar-refractivity contribution in [2.45, 2.75) is 57.3 Å². The van der Waals surface area contributed by atoms with E-state index in [1.807, 2.05) is 13.8 Å². The van der Waals surface area contributed by atoms with Crippen molar-refractivity contribution in [2.24, 2.45) is 28.1 Å². The van der Waals surface area contributed by atoms with Gasteiger partial charge in [-0.05, 0) is 18.8 Å². The Morgan fingerprint density at radius 3 is 1.91 bits per heavy atom. The van der Waals surface area contributed by atoms with Crippen LogP contribution in [0.25, 0.3) is 0 Å². The molecule has 0 heterocycles. The number of nitrogens with one attached hydrogen (secondary N) is 3. The fourth-order valence-electron chi connectivity index (χ4n) is 2.48. The highest BCUT2D eigenvalue weighted by atomic mass is 32.1. The van der Waals surface area contributed by atoms with Gasteiger partial charge in [-0.3, -0.25) is 19.4 Å². The molecule has 5 unspecified atom stereocenters. The molecule has 0 aromatic rings. The molecule has 32 heavy (non-hydrogen) atoms. The second-order valence-corrected chi connectivity index (χ2v) is 7.98. The van der Waals surface area contributed by atoms with Gasteiger partial charge in [0.1, 0.15) is 18.1 Å². The van der Waals surface area contributed by atoms with Gasteiger partial charge in [0, 0.05) is 18.1 Å². The Hall–Kier alpha value is -2.19. The third kappa shape index (κ3) is 10.9. The summed E-state index contributed by atoms with van der Waals surface area (Å²) >= 11 is 8.01. The molecule has 0 saturated carbocycles. The minimum Gasteiger partial charge on any atom is -0.480 e. The summed E-state index contributed by atoms with van der Waals surface area (Å²) < 4.78 is 0. The minimum atomic E-state index is -1.27. The maximum absolute atomic E-state index is 12.7. The van der Waals surface area contributed by atoms with Crippen LogP contribution in [0.15, 0.2) is 4.99 Å². The standard InChI is InChI=1S/C18H35N7O5S2/c1-3-9(2)13(19)16(28)24-11(7-31)15(27)23-10(5-4-6-22-18(20)21)14(26)25-12(8-32)17(29)30/h9-13,31-32H,3-8,19H2,1-2H3,(H,23,27)(H,24,28)(H,25,26)(H,29,30)(H4,20,21,22). The molecule has 0 aliphatic heterocycles. The molecule has 0 aliphatic rings. The molecule has 184 valence electrons. The van der Waals surface area contributed by atoms with Crippen LogP contribution < -0.4 is 33.2 Å². The Bertz CT molecular complexity index is 676. The molecule has 0 aromatic carbocycles. The molecule has 0 spiro atoms. The molecule has 0 saturated heterocycles. The third-order valence-electron chi connectivity index (χ3n) is 4.75. The average Bonchev–Trinajstić information content (AvgIpc) is 2.75. The normalized spacial score (nSPS) is 15.4. The molecule has 12 nitrogen and oxygen atoms in total. The van der Waals surface area contributed by atoms with Gasteiger partial charge in [0.15, 0.2) is 5.96 Å². The molecule has 0 aromatic heterocycles. The Kier molecular flexibility index (Phi) is 14.5. The summed E-state index contributed by atoms with van der Waals surface area (Å²) in [6, 6.07) is -4.19. The summed E-state index contributed by atoms with van der Waals surface area (Å²) in [5.41, 5.74) is 16.4. The third-order valence-corrected chi connectivity index (χ3v) is 5.48. The van der Waals surface area contributed by atoms with Crippen LogP contribution in [0.2, 0.25) is 0 Å². The van der Waals surface area contributed by atoms with Crippen LogP contribution >= 0.6 is 25.3 Å². The summed E-state index contributed by atoms with van der Waals surface area (Å²) in [4.78, 5) is 52.7. The van der Waals surface area contributed by atoms with Crippen molar-refractivity contribution in [1.29, 1.82) is 0 Å². The number of amides is 3. The molecule has 5 atom stereocenters. The summed E-state index contributed by atoms with van der Waals surface area (Å²) in [5, 5.41) is 16.5. The smallest absolute Gasteiger partial charge is 0.327 e. The molecule has 0 rings (SSSR count). The first-order valence-corrected chi connectivity index (χ1v) is 11.4. The van der Waals surface area contributed by atoms with Gasteiger partial charge in [0.2, 0.25) is 17.7 Å². The summed E-state index contributed by atoms with van der Waals surface area (Å²) in [6.45, 7) is 3.91. The lowest BCUT2D eigenvalue weighted by Gasteiger charge is -2.25. The zero-order chi connectivity index (χ0) is 24.8. The Labute approximate surface area is 198 Å². The van der Waals surface area contributed by atoms with Crippen molar-refractivity contribution in [3.63, 3.8) is 0 Å². The van der Waals surface area contributed by atoms with Gasteiger partial charge in [0.05, 0.1) is 6.04 Å². The van der Waals surface area contributed by atoms with Gasteiger partial charge in [-0.2, -0.15) is 25.3 Å². The first-order valence-electron chi connectivity index (χ1n) is 10.1. The number of hydrogen-bond acceptors (Lipinski definition) is 8. The minimum absolute atomic E-state index is 0.0401. The van der Waals surface area contributed by atoms with E-state index >= 15 is 0 Å². The molecule has 0 radical (unpaired) electrons. The molecule has 10 N–H and O–H groups in total. The van der Waals surface area contributed by atoms with Gasteiger partial charge >= 0.3 is 5.97 Å². The molecule has 3 amide bonds. The van der Waals surface area contributed by atoms with E-state index in [4.69, 9.17) is 22.3 Å². The molecular formula is C18H35N7O5S2. The van der Waals surface area contributed by atoms with Crippen molar-refractivity contribution < 1.29 is 24.3 Å². The number of aliphatic carboxylic acids is 1. The monoisotopic (exact) mass is 493 g/mol. The van der Waals surface area contributed by atoms with E-state index in [1.165, 1.54) is 0 Å². The number of thiol groups is 2. The largest absolute Gasteiger partial charge is 0.480 e. The second-order valence-electron chi connectivity index (χ2n) is 7.25. The summed E-state index contributed by atoms with van der Waals surface area (Å²) in [6.07, 6.45) is 1.12. The SMILES string of the molecule is CCC(C)C(N)C(=O)NC(CS)C(=O)NC(CCCN=C(N)N)C(=O)NC(CS)C(=O)O. The number of nitrogens with two attached hydrogens (primary N) is 3. The second kappa shape index (κ2) is 15.6. The summed E-state index contributed by atoms with van der Waals surface area (Å²) in [7, 11) is 0. The van der Waals surface area contributed by atoms with E-state index in [0.29, 0.717) is 12.8 Å². The first kappa shape index (κ1) is 29.8. The number of rotatable bonds is 15. The molecule has 0 aliphatic carbocycles. The number of nitrogens with zero attached hydrogens (tertiary/aromatic N) is 1. The van der Waals surface area contributed by atoms with Crippen LogP contribution in [0.1, 0.15) is 33.1 Å². The number of carbonyl (C=O) groups excluding carboxylic acids is 3. The van der Waals surface area contributed by atoms with E-state index in [2.05, 4.69) is 46.2 Å². The fourth-order valence-corrected chi connectivity index (χ4v) is 2.98. The van der Waals surface area contributed by atoms with Crippen LogP contribution in [-0.2, 0) is 19.2 Å². The highest BCUT2D eigenvalue weighted by Crippen LogP contribution is 2.06. The average molecular weight is 494 g/mol. The van der Waals surface area contributed by atoms with E-state index < -0.39 is 47.9 Å². The van der Waals surface area contributed by atoms with Gasteiger partial charge in [-0.1, -0.05) is 20.3 Å². The van der Waals surface area contributed by atoms with Crippen LogP contribution in [0.4, 0.5) is 0 Å². The highest BCUT2D eigenvalue weighted by Gasteiger charge is 2.30. The number of aliphatic imine (C=N–C) groups is 1. The van der Waals surface area contributed by atoms with E-state index in [9.17, 15) is 19.2 Å². The van der Waals surface area contributed by atoms with Crippen molar-refractivity contribution in [2.75, 3.05) is 18.1 Å². The van der Waals surface area contributed by atoms with Crippen LogP contribution in [0.3, 0.4) is 0 Å². The maximum Gasteiger partial charge on any atom is 0.327 e. The molecule has 14 heteroatoms. The van der Waals surface area contributed by atoms with Crippen molar-refractivity contribution >= 4 is 54.9 Å². The van der Waals surface area contributed by atoms with E-state index in [0.717, 1.165) is 0 Å². The quantitative estimate of drug-likeness (QED) is 0.0527. The zero-order valence-corrected chi connectivity index (χ0v) is 20.1. The number of carbonyl (C=O) groups is 4. The number of carboxylic acid groups (broad SMARTS) is 1. The van der Waals surface area contributed by atoms with Crippen LogP contribution in [0.5, 0.6) is 0 Å². The Balaban J connectivity index is 5.31. The van der Waals surface area contributed by atoms with Gasteiger partial charge in [0.25, 0.3) is 0 Å². The maximum atomic E-state index is 12.7. The number of hydrogen-bond donors (Lipinski definition) is 9. The lowest BCUT2D eigenvalue weighted by molar-refractivity contribution is -0.141. The number of guanidine groups is 1. The van der Waals surface area contributed by atoms with Gasteiger partial charge in [-0.15, -0.1) is 0 Å². The van der Waals surface area contributed by atoms with Gasteiger partial charge in [-0.25, -0.2) is 4.79 Å². The van der Waals surface area contributed by atoms with E-state index in [-0.39, 0.29) is 36.3 Å². The fraction of sp³-hybridized carbons (Fsp3) is 0.722.